The molecular formula is C14H17N3O2. The molecule has 0 fully saturated rings. The number of hydrogen-bond acceptors (Lipinski definition) is 5. The maximum Gasteiger partial charge on any atom is 0.222 e. The molecule has 0 radical (unpaired) electrons. The average molecular weight is 259 g/mol. The van der Waals surface area contributed by atoms with E-state index in [1.54, 1.807) is 25.3 Å². The van der Waals surface area contributed by atoms with Crippen molar-refractivity contribution in [2.75, 3.05) is 12.8 Å². The molecule has 0 aliphatic rings. The van der Waals surface area contributed by atoms with Gasteiger partial charge in [0.25, 0.3) is 0 Å². The molecule has 0 aliphatic heterocycles. The summed E-state index contributed by atoms with van der Waals surface area (Å²) in [6.07, 6.45) is 3.43. The van der Waals surface area contributed by atoms with Crippen LogP contribution in [-0.2, 0) is 6.42 Å². The Morgan fingerprint density at radius 1 is 1.16 bits per heavy atom. The molecule has 1 heterocycles. The van der Waals surface area contributed by atoms with Crippen molar-refractivity contribution in [3.63, 3.8) is 0 Å². The third-order valence-corrected chi connectivity index (χ3v) is 2.61. The summed E-state index contributed by atoms with van der Waals surface area (Å²) in [5.41, 5.74) is 7.28. The van der Waals surface area contributed by atoms with Crippen LogP contribution in [0.5, 0.6) is 17.4 Å². The third kappa shape index (κ3) is 3.34. The number of nitrogens with zero attached hydrogens (tertiary/aromatic N) is 2. The SMILES string of the molecule is CCCc1cc(Oc2ccc(N)cc2OC)ncn1. The quantitative estimate of drug-likeness (QED) is 0.836. The topological polar surface area (TPSA) is 70.3 Å². The van der Waals surface area contributed by atoms with Gasteiger partial charge in [0, 0.05) is 23.5 Å². The van der Waals surface area contributed by atoms with Crippen LogP contribution in [-0.4, -0.2) is 17.1 Å². The normalized spacial score (nSPS) is 10.2. The van der Waals surface area contributed by atoms with Gasteiger partial charge in [-0.1, -0.05) is 13.3 Å². The van der Waals surface area contributed by atoms with Crippen molar-refractivity contribution in [3.8, 4) is 17.4 Å². The highest BCUT2D eigenvalue weighted by atomic mass is 16.5. The molecule has 0 saturated carbocycles. The minimum Gasteiger partial charge on any atom is -0.493 e. The van der Waals surface area contributed by atoms with Gasteiger partial charge in [-0.15, -0.1) is 0 Å². The van der Waals surface area contributed by atoms with E-state index in [1.165, 1.54) is 6.33 Å². The molecule has 5 heteroatoms. The summed E-state index contributed by atoms with van der Waals surface area (Å²) < 4.78 is 10.9. The van der Waals surface area contributed by atoms with Gasteiger partial charge in [0.15, 0.2) is 11.5 Å². The second kappa shape index (κ2) is 6.04. The minimum atomic E-state index is 0.501. The minimum absolute atomic E-state index is 0.501. The van der Waals surface area contributed by atoms with E-state index in [0.29, 0.717) is 23.1 Å². The molecule has 19 heavy (non-hydrogen) atoms. The zero-order valence-corrected chi connectivity index (χ0v) is 11.1. The van der Waals surface area contributed by atoms with E-state index < -0.39 is 0 Å². The van der Waals surface area contributed by atoms with Gasteiger partial charge in [-0.25, -0.2) is 9.97 Å². The van der Waals surface area contributed by atoms with E-state index in [0.717, 1.165) is 18.5 Å². The van der Waals surface area contributed by atoms with Crippen molar-refractivity contribution >= 4 is 5.69 Å². The van der Waals surface area contributed by atoms with Crippen LogP contribution in [0.25, 0.3) is 0 Å². The highest BCUT2D eigenvalue weighted by Crippen LogP contribution is 2.32. The monoisotopic (exact) mass is 259 g/mol. The number of hydrogen-bond donors (Lipinski definition) is 1. The van der Waals surface area contributed by atoms with E-state index >= 15 is 0 Å². The molecule has 0 spiro atoms. The van der Waals surface area contributed by atoms with E-state index in [2.05, 4.69) is 16.9 Å². The molecule has 2 N–H and O–H groups in total. The Kier molecular flexibility index (Phi) is 4.18. The standard InChI is InChI=1S/C14H17N3O2/c1-3-4-11-8-14(17-9-16-11)19-12-6-5-10(15)7-13(12)18-2/h5-9H,3-4,15H2,1-2H3. The molecular weight excluding hydrogens is 242 g/mol. The summed E-state index contributed by atoms with van der Waals surface area (Å²) in [6, 6.07) is 7.06. The predicted octanol–water partition coefficient (Wildman–Crippen LogP) is 2.81. The summed E-state index contributed by atoms with van der Waals surface area (Å²) in [6.45, 7) is 2.10. The van der Waals surface area contributed by atoms with Crippen LogP contribution in [0.3, 0.4) is 0 Å². The maximum absolute atomic E-state index is 5.71. The number of anilines is 1. The number of benzene rings is 1. The first-order valence-electron chi connectivity index (χ1n) is 6.15. The van der Waals surface area contributed by atoms with E-state index in [4.69, 9.17) is 15.2 Å². The predicted molar refractivity (Wildman–Crippen MR) is 73.5 cm³/mol. The summed E-state index contributed by atoms with van der Waals surface area (Å²) in [7, 11) is 1.57. The highest BCUT2D eigenvalue weighted by Gasteiger charge is 2.07. The van der Waals surface area contributed by atoms with Crippen molar-refractivity contribution in [2.24, 2.45) is 0 Å². The van der Waals surface area contributed by atoms with E-state index in [9.17, 15) is 0 Å². The molecule has 0 atom stereocenters. The van der Waals surface area contributed by atoms with Gasteiger partial charge in [-0.05, 0) is 18.6 Å². The average Bonchev–Trinajstić information content (AvgIpc) is 2.41. The van der Waals surface area contributed by atoms with Crippen molar-refractivity contribution in [1.82, 2.24) is 9.97 Å². The summed E-state index contributed by atoms with van der Waals surface area (Å²) in [5, 5.41) is 0. The molecule has 5 nitrogen and oxygen atoms in total. The van der Waals surface area contributed by atoms with Crippen LogP contribution in [0.15, 0.2) is 30.6 Å². The lowest BCUT2D eigenvalue weighted by atomic mass is 10.2. The first-order chi connectivity index (χ1) is 9.22. The van der Waals surface area contributed by atoms with Gasteiger partial charge < -0.3 is 15.2 Å². The molecule has 2 aromatic rings. The summed E-state index contributed by atoms with van der Waals surface area (Å²) >= 11 is 0. The zero-order chi connectivity index (χ0) is 13.7. The van der Waals surface area contributed by atoms with E-state index in [-0.39, 0.29) is 0 Å². The number of rotatable bonds is 5. The molecule has 0 aliphatic carbocycles. The Labute approximate surface area is 112 Å². The maximum atomic E-state index is 5.71. The summed E-state index contributed by atoms with van der Waals surface area (Å²) in [5.74, 6) is 1.66. The zero-order valence-electron chi connectivity index (χ0n) is 11.1. The Hall–Kier alpha value is -2.30. The smallest absolute Gasteiger partial charge is 0.222 e. The fraction of sp³-hybridized carbons (Fsp3) is 0.286. The van der Waals surface area contributed by atoms with Gasteiger partial charge in [-0.3, -0.25) is 0 Å². The first kappa shape index (κ1) is 13.1. The van der Waals surface area contributed by atoms with Gasteiger partial charge in [0.1, 0.15) is 6.33 Å². The van der Waals surface area contributed by atoms with Crippen LogP contribution in [0.2, 0.25) is 0 Å². The molecule has 0 saturated heterocycles. The number of methoxy groups -OCH3 is 1. The van der Waals surface area contributed by atoms with Crippen molar-refractivity contribution < 1.29 is 9.47 Å². The fourth-order valence-corrected chi connectivity index (χ4v) is 1.71. The molecule has 2 rings (SSSR count). The van der Waals surface area contributed by atoms with E-state index in [1.807, 2.05) is 6.07 Å². The largest absolute Gasteiger partial charge is 0.493 e. The van der Waals surface area contributed by atoms with Gasteiger partial charge in [0.2, 0.25) is 5.88 Å². The second-order valence-corrected chi connectivity index (χ2v) is 4.11. The van der Waals surface area contributed by atoms with Gasteiger partial charge in [0.05, 0.1) is 7.11 Å². The Bertz CT molecular complexity index is 558. The lowest BCUT2D eigenvalue weighted by Crippen LogP contribution is -1.96. The van der Waals surface area contributed by atoms with Crippen LogP contribution in [0, 0.1) is 0 Å². The van der Waals surface area contributed by atoms with Crippen molar-refractivity contribution in [3.05, 3.63) is 36.3 Å². The molecule has 0 unspecified atom stereocenters. The Morgan fingerprint density at radius 3 is 2.74 bits per heavy atom. The lowest BCUT2D eigenvalue weighted by Gasteiger charge is -2.10. The van der Waals surface area contributed by atoms with Crippen LogP contribution in [0.4, 0.5) is 5.69 Å². The first-order valence-corrected chi connectivity index (χ1v) is 6.15. The molecule has 1 aromatic carbocycles. The second-order valence-electron chi connectivity index (χ2n) is 4.11. The number of ether oxygens (including phenoxy) is 2. The van der Waals surface area contributed by atoms with Crippen LogP contribution >= 0.6 is 0 Å². The fourth-order valence-electron chi connectivity index (χ4n) is 1.71. The van der Waals surface area contributed by atoms with Crippen LogP contribution in [0.1, 0.15) is 19.0 Å². The molecule has 0 amide bonds. The molecule has 1 aromatic heterocycles. The van der Waals surface area contributed by atoms with Crippen molar-refractivity contribution in [1.29, 1.82) is 0 Å². The number of aryl methyl sites for hydroxylation is 1. The Morgan fingerprint density at radius 2 is 2.00 bits per heavy atom. The number of nitrogen functional groups attached to an aromatic ring is 1. The lowest BCUT2D eigenvalue weighted by molar-refractivity contribution is 0.374. The third-order valence-electron chi connectivity index (χ3n) is 2.61. The van der Waals surface area contributed by atoms with Gasteiger partial charge in [-0.2, -0.15) is 0 Å². The van der Waals surface area contributed by atoms with Crippen LogP contribution < -0.4 is 15.2 Å². The van der Waals surface area contributed by atoms with Crippen molar-refractivity contribution in [2.45, 2.75) is 19.8 Å². The van der Waals surface area contributed by atoms with Gasteiger partial charge >= 0.3 is 0 Å². The summed E-state index contributed by atoms with van der Waals surface area (Å²) in [4.78, 5) is 8.28. The number of aromatic nitrogens is 2. The Balaban J connectivity index is 2.23. The molecule has 100 valence electrons. The number of nitrogens with two attached hydrogens (primary N) is 1. The highest BCUT2D eigenvalue weighted by molar-refractivity contribution is 5.52. The molecule has 0 bridgehead atoms.